The third-order valence-electron chi connectivity index (χ3n) is 0. The molecule has 0 heterocycles. The summed E-state index contributed by atoms with van der Waals surface area (Å²) < 4.78 is 1.59. The minimum absolute atomic E-state index is 0. The molecule has 0 aromatic heterocycles. The number of hydrogen-bond donors (Lipinski definition) is 0. The average molecular weight is 590 g/mol. The second-order valence-electron chi connectivity index (χ2n) is 0.167. The van der Waals surface area contributed by atoms with Gasteiger partial charge in [0.1, 0.15) is 0 Å². The second kappa shape index (κ2) is 58.5. The molecule has 0 saturated carbocycles. The summed E-state index contributed by atoms with van der Waals surface area (Å²) in [6.07, 6.45) is 0. The molecule has 0 bridgehead atoms. The molecule has 0 unspecified atom stereocenters. The fourth-order valence-electron chi connectivity index (χ4n) is 0. The van der Waals surface area contributed by atoms with Crippen molar-refractivity contribution in [3.05, 3.63) is 10.6 Å². The Morgan fingerprint density at radius 2 is 1.11 bits per heavy atom. The van der Waals surface area contributed by atoms with Crippen LogP contribution in [0.25, 0.3) is 0 Å². The van der Waals surface area contributed by atoms with E-state index in [1.54, 1.807) is 40.5 Å². The average Bonchev–Trinajstić information content (AvgIpc) is 1.46. The Kier molecular flexibility index (Phi) is 249. The van der Waals surface area contributed by atoms with Crippen LogP contribution in [0.1, 0.15) is 0 Å². The smallest absolute Gasteiger partial charge is 4.00 e. The summed E-state index contributed by atoms with van der Waals surface area (Å²) in [5.41, 5.74) is 0. The van der Waals surface area contributed by atoms with Crippen molar-refractivity contribution in [1.29, 1.82) is 0 Å². The van der Waals surface area contributed by atoms with Gasteiger partial charge in [0.15, 0.2) is 0 Å². The summed E-state index contributed by atoms with van der Waals surface area (Å²) in [6.45, 7) is 4.76. The van der Waals surface area contributed by atoms with E-state index in [2.05, 4.69) is 0 Å². The molecule has 3 radical (unpaired) electrons. The van der Waals surface area contributed by atoms with Crippen LogP contribution in [0, 0.1) is 6.58 Å². The van der Waals surface area contributed by atoms with E-state index in [0.717, 1.165) is 0 Å². The zero-order valence-electron chi connectivity index (χ0n) is 4.18. The molecule has 0 rings (SSSR count). The maximum atomic E-state index is 4.76. The van der Waals surface area contributed by atoms with Gasteiger partial charge in [0.2, 0.25) is 0 Å². The predicted molar refractivity (Wildman–Crippen MR) is 27.5 cm³/mol. The standard InChI is InChI=1S/C2H2.3ClH.3Sb.Zr.H/c1-2;;;;;;;;/h1-2H;3*1H;;;;;/q-1;;;;;;;+4;/p-3. The molecule has 0 aromatic rings. The van der Waals surface area contributed by atoms with E-state index in [-0.39, 0.29) is 63.4 Å². The van der Waals surface area contributed by atoms with E-state index in [1.165, 1.54) is 23.0 Å². The first-order chi connectivity index (χ1) is 2.41. The van der Waals surface area contributed by atoms with Crippen molar-refractivity contribution >= 4 is 59.5 Å². The largest absolute Gasteiger partial charge is 4.00 e. The zero-order valence-corrected chi connectivity index (χ0v) is 16.9. The van der Waals surface area contributed by atoms with Gasteiger partial charge in [0, 0.05) is 0 Å². The molecule has 0 spiro atoms. The third kappa shape index (κ3) is 75.9. The second-order valence-corrected chi connectivity index (χ2v) is 1.12. The predicted octanol–water partition coefficient (Wildman–Crippen LogP) is -9.92. The molecular formula is C2H3Cl3Sb3Zr. The number of rotatable bonds is 0. The van der Waals surface area contributed by atoms with Crippen LogP contribution in [0.5, 0.6) is 0 Å². The molecule has 51 valence electrons. The van der Waals surface area contributed by atoms with E-state index in [1.807, 2.05) is 0 Å². The first kappa shape index (κ1) is 38.3. The first-order valence-corrected chi connectivity index (χ1v) is 11.3. The monoisotopic (exact) mass is 585 g/mol. The Morgan fingerprint density at radius 1 is 1.11 bits per heavy atom. The van der Waals surface area contributed by atoms with Crippen LogP contribution in [0.2, 0.25) is 0 Å². The summed E-state index contributed by atoms with van der Waals surface area (Å²) in [7, 11) is 0. The summed E-state index contributed by atoms with van der Waals surface area (Å²) in [4.78, 5) is 0. The summed E-state index contributed by atoms with van der Waals surface area (Å²) in [6, 6.07) is 0. The van der Waals surface area contributed by atoms with Crippen LogP contribution in [-0.4, -0.2) is 59.5 Å². The Hall–Kier alpha value is 3.95. The molecule has 7 heteroatoms. The van der Waals surface area contributed by atoms with Crippen molar-refractivity contribution < 1.29 is 63.4 Å². The maximum absolute atomic E-state index is 4.76. The van der Waals surface area contributed by atoms with Crippen molar-refractivity contribution in [2.24, 2.45) is 0 Å². The third-order valence-corrected chi connectivity index (χ3v) is 0. The van der Waals surface area contributed by atoms with E-state index in [9.17, 15) is 0 Å². The van der Waals surface area contributed by atoms with E-state index in [0.29, 0.717) is 0 Å². The zero-order chi connectivity index (χ0) is 4.71. The summed E-state index contributed by atoms with van der Waals surface area (Å²) in [5, 5.41) is 0. The summed E-state index contributed by atoms with van der Waals surface area (Å²) >= 11 is 4.89. The molecule has 0 atom stereocenters. The Balaban J connectivity index is -0.00000000357. The molecule has 0 aliphatic carbocycles. The van der Waals surface area contributed by atoms with Gasteiger partial charge in [-0.05, 0) is 0 Å². The quantitative estimate of drug-likeness (QED) is 0.195. The van der Waals surface area contributed by atoms with Crippen LogP contribution < -0.4 is 37.2 Å². The van der Waals surface area contributed by atoms with Crippen molar-refractivity contribution in [2.75, 3.05) is 0 Å². The van der Waals surface area contributed by atoms with Gasteiger partial charge in [0.25, 0.3) is 0 Å². The summed E-state index contributed by atoms with van der Waals surface area (Å²) in [5.74, 6) is 0. The topological polar surface area (TPSA) is 0 Å². The Morgan fingerprint density at radius 3 is 1.11 bits per heavy atom. The van der Waals surface area contributed by atoms with Gasteiger partial charge in [-0.25, -0.2) is 0 Å². The van der Waals surface area contributed by atoms with Crippen LogP contribution in [0.4, 0.5) is 0 Å². The molecule has 0 N–H and O–H groups in total. The minimum atomic E-state index is 0. The van der Waals surface area contributed by atoms with Crippen molar-refractivity contribution in [3.8, 4) is 0 Å². The normalized spacial score (nSPS) is 1.89. The van der Waals surface area contributed by atoms with E-state index >= 15 is 0 Å². The van der Waals surface area contributed by atoms with Crippen molar-refractivity contribution in [2.45, 2.75) is 0 Å². The van der Waals surface area contributed by atoms with Crippen LogP contribution in [0.3, 0.4) is 0 Å². The van der Waals surface area contributed by atoms with Gasteiger partial charge >= 0.3 is 96.3 Å². The molecule has 0 aliphatic rings. The fourth-order valence-corrected chi connectivity index (χ4v) is 0. The molecule has 9 heavy (non-hydrogen) atoms. The molecule has 0 aliphatic heterocycles. The molecule has 0 saturated heterocycles. The van der Waals surface area contributed by atoms with Crippen molar-refractivity contribution in [3.63, 3.8) is 0 Å². The van der Waals surface area contributed by atoms with Crippen LogP contribution >= 0.6 is 0 Å². The van der Waals surface area contributed by atoms with E-state index in [4.69, 9.17) is 6.58 Å². The van der Waals surface area contributed by atoms with Gasteiger partial charge < -0.3 is 37.2 Å². The van der Waals surface area contributed by atoms with Crippen LogP contribution in [-0.2, 0) is 26.2 Å². The SMILES string of the molecule is [CH-]=[CH][SbH].[Cl-].[Cl-].[Cl-].[Sb]=[Sb].[Zr+4]. The van der Waals surface area contributed by atoms with E-state index < -0.39 is 0 Å². The number of hydrogen-bond acceptors (Lipinski definition) is 0. The van der Waals surface area contributed by atoms with Crippen molar-refractivity contribution in [1.82, 2.24) is 0 Å². The first-order valence-electron chi connectivity index (χ1n) is 0.822. The molecule has 0 aromatic carbocycles. The van der Waals surface area contributed by atoms with Gasteiger partial charge in [-0.1, -0.05) is 0 Å². The van der Waals surface area contributed by atoms with Gasteiger partial charge in [0.05, 0.1) is 0 Å². The van der Waals surface area contributed by atoms with Crippen LogP contribution in [0.15, 0.2) is 4.02 Å². The minimum Gasteiger partial charge on any atom is 4.00 e. The van der Waals surface area contributed by atoms with Gasteiger partial charge in [-0.3, -0.25) is 0 Å². The molecular weight excluding hydrogens is 587 g/mol. The Labute approximate surface area is 131 Å². The number of halogens is 3. The fraction of sp³-hybridized carbons (Fsp3) is 0. The van der Waals surface area contributed by atoms with Gasteiger partial charge in [-0.15, -0.1) is 0 Å². The maximum Gasteiger partial charge on any atom is 4.00 e. The van der Waals surface area contributed by atoms with Gasteiger partial charge in [-0.2, -0.15) is 0 Å². The molecule has 0 fully saturated rings. The molecule has 0 nitrogen and oxygen atoms in total. The Bertz CT molecular complexity index is 31.0. The molecule has 0 amide bonds.